The summed E-state index contributed by atoms with van der Waals surface area (Å²) in [6.45, 7) is 5.69. The number of hydrogen-bond acceptors (Lipinski definition) is 3. The van der Waals surface area contributed by atoms with Gasteiger partial charge in [0.05, 0.1) is 0 Å². The zero-order chi connectivity index (χ0) is 17.4. The van der Waals surface area contributed by atoms with Gasteiger partial charge in [-0.05, 0) is 44.5 Å². The largest absolute Gasteiger partial charge is 0.480 e. The van der Waals surface area contributed by atoms with Crippen LogP contribution in [0.2, 0.25) is 0 Å². The molecular formula is C17H24N2O4. The van der Waals surface area contributed by atoms with Crippen LogP contribution in [0.1, 0.15) is 60.7 Å². The van der Waals surface area contributed by atoms with Gasteiger partial charge in [-0.2, -0.15) is 0 Å². The van der Waals surface area contributed by atoms with E-state index < -0.39 is 17.9 Å². The molecule has 0 aromatic heterocycles. The van der Waals surface area contributed by atoms with E-state index in [0.717, 1.165) is 12.8 Å². The number of hydrogen-bond donors (Lipinski definition) is 3. The van der Waals surface area contributed by atoms with Gasteiger partial charge in [0, 0.05) is 17.2 Å². The van der Waals surface area contributed by atoms with Gasteiger partial charge in [0.15, 0.2) is 0 Å². The number of carboxylic acid groups (broad SMARTS) is 1. The summed E-state index contributed by atoms with van der Waals surface area (Å²) in [5.41, 5.74) is 0.782. The molecule has 0 aliphatic carbocycles. The quantitative estimate of drug-likeness (QED) is 0.684. The lowest BCUT2D eigenvalue weighted by Crippen LogP contribution is -2.40. The van der Waals surface area contributed by atoms with Gasteiger partial charge >= 0.3 is 5.97 Å². The van der Waals surface area contributed by atoms with Crippen molar-refractivity contribution in [2.24, 2.45) is 0 Å². The molecule has 2 amide bonds. The number of benzene rings is 1. The van der Waals surface area contributed by atoms with Gasteiger partial charge in [0.25, 0.3) is 11.8 Å². The summed E-state index contributed by atoms with van der Waals surface area (Å²) in [6.07, 6.45) is 1.98. The summed E-state index contributed by atoms with van der Waals surface area (Å²) in [5.74, 6) is -1.71. The van der Waals surface area contributed by atoms with Crippen molar-refractivity contribution >= 4 is 17.8 Å². The van der Waals surface area contributed by atoms with Crippen molar-refractivity contribution in [1.82, 2.24) is 10.6 Å². The number of aliphatic carboxylic acids is 1. The van der Waals surface area contributed by atoms with Crippen molar-refractivity contribution in [3.8, 4) is 0 Å². The van der Waals surface area contributed by atoms with E-state index in [9.17, 15) is 14.4 Å². The summed E-state index contributed by atoms with van der Waals surface area (Å²) in [7, 11) is 0. The molecule has 1 rings (SSSR count). The first-order chi connectivity index (χ1) is 10.8. The van der Waals surface area contributed by atoms with E-state index in [4.69, 9.17) is 5.11 Å². The third kappa shape index (κ3) is 6.10. The fraction of sp³-hybridized carbons (Fsp3) is 0.471. The Morgan fingerprint density at radius 1 is 1.00 bits per heavy atom. The van der Waals surface area contributed by atoms with Crippen molar-refractivity contribution in [2.75, 3.05) is 0 Å². The molecule has 3 N–H and O–H groups in total. The number of amides is 2. The third-order valence-electron chi connectivity index (χ3n) is 3.28. The lowest BCUT2D eigenvalue weighted by atomic mass is 10.1. The maximum Gasteiger partial charge on any atom is 0.326 e. The third-order valence-corrected chi connectivity index (χ3v) is 3.28. The molecule has 1 aromatic rings. The molecule has 126 valence electrons. The Kier molecular flexibility index (Phi) is 7.25. The van der Waals surface area contributed by atoms with Gasteiger partial charge in [-0.25, -0.2) is 4.79 Å². The number of carbonyl (C=O) groups is 3. The Bertz CT molecular complexity index is 552. The van der Waals surface area contributed by atoms with Crippen LogP contribution in [0.25, 0.3) is 0 Å². The highest BCUT2D eigenvalue weighted by Gasteiger charge is 2.20. The van der Waals surface area contributed by atoms with E-state index >= 15 is 0 Å². The van der Waals surface area contributed by atoms with E-state index in [1.165, 1.54) is 12.1 Å². The molecule has 6 heteroatoms. The van der Waals surface area contributed by atoms with Crippen molar-refractivity contribution in [1.29, 1.82) is 0 Å². The number of carboxylic acids is 1. The van der Waals surface area contributed by atoms with E-state index in [0.29, 0.717) is 17.5 Å². The normalized spacial score (nSPS) is 11.8. The molecule has 6 nitrogen and oxygen atoms in total. The standard InChI is InChI=1S/C17H24N2O4/c1-4-5-6-14(17(22)23)19-16(21)13-9-7-12(8-10-13)15(20)18-11(2)3/h7-11,14H,4-6H2,1-3H3,(H,18,20)(H,19,21)(H,22,23). The first-order valence-electron chi connectivity index (χ1n) is 7.79. The predicted molar refractivity (Wildman–Crippen MR) is 87.5 cm³/mol. The molecule has 0 spiro atoms. The first-order valence-corrected chi connectivity index (χ1v) is 7.79. The van der Waals surface area contributed by atoms with Crippen LogP contribution < -0.4 is 10.6 Å². The van der Waals surface area contributed by atoms with Gasteiger partial charge in [0.1, 0.15) is 6.04 Å². The average Bonchev–Trinajstić information content (AvgIpc) is 2.50. The van der Waals surface area contributed by atoms with Crippen LogP contribution in [0.15, 0.2) is 24.3 Å². The van der Waals surface area contributed by atoms with Crippen molar-refractivity contribution < 1.29 is 19.5 Å². The molecule has 0 fully saturated rings. The number of carbonyl (C=O) groups excluding carboxylic acids is 2. The molecule has 1 atom stereocenters. The van der Waals surface area contributed by atoms with Crippen LogP contribution >= 0.6 is 0 Å². The number of nitrogens with one attached hydrogen (secondary N) is 2. The van der Waals surface area contributed by atoms with Gasteiger partial charge in [-0.1, -0.05) is 19.8 Å². The van der Waals surface area contributed by atoms with E-state index in [1.54, 1.807) is 12.1 Å². The SMILES string of the molecule is CCCCC(NC(=O)c1ccc(C(=O)NC(C)C)cc1)C(=O)O. The molecule has 0 saturated heterocycles. The van der Waals surface area contributed by atoms with Crippen LogP contribution in [-0.2, 0) is 4.79 Å². The smallest absolute Gasteiger partial charge is 0.326 e. The molecule has 1 unspecified atom stereocenters. The maximum absolute atomic E-state index is 12.1. The highest BCUT2D eigenvalue weighted by Crippen LogP contribution is 2.07. The zero-order valence-corrected chi connectivity index (χ0v) is 13.8. The molecule has 0 heterocycles. The minimum absolute atomic E-state index is 0.0281. The lowest BCUT2D eigenvalue weighted by Gasteiger charge is -2.14. The van der Waals surface area contributed by atoms with Crippen LogP contribution in [-0.4, -0.2) is 35.0 Å². The fourth-order valence-electron chi connectivity index (χ4n) is 2.03. The van der Waals surface area contributed by atoms with Crippen LogP contribution in [0.4, 0.5) is 0 Å². The molecule has 1 aromatic carbocycles. The van der Waals surface area contributed by atoms with Crippen molar-refractivity contribution in [3.05, 3.63) is 35.4 Å². The zero-order valence-electron chi connectivity index (χ0n) is 13.8. The highest BCUT2D eigenvalue weighted by atomic mass is 16.4. The van der Waals surface area contributed by atoms with E-state index in [1.807, 2.05) is 20.8 Å². The van der Waals surface area contributed by atoms with Gasteiger partial charge < -0.3 is 15.7 Å². The Morgan fingerprint density at radius 2 is 1.48 bits per heavy atom. The highest BCUT2D eigenvalue weighted by molar-refractivity contribution is 5.99. The number of unbranched alkanes of at least 4 members (excludes halogenated alkanes) is 1. The van der Waals surface area contributed by atoms with Crippen molar-refractivity contribution in [3.63, 3.8) is 0 Å². The Morgan fingerprint density at radius 3 is 1.87 bits per heavy atom. The lowest BCUT2D eigenvalue weighted by molar-refractivity contribution is -0.139. The Labute approximate surface area is 136 Å². The van der Waals surface area contributed by atoms with Crippen molar-refractivity contribution in [2.45, 2.75) is 52.1 Å². The second-order valence-electron chi connectivity index (χ2n) is 5.71. The maximum atomic E-state index is 12.1. The summed E-state index contributed by atoms with van der Waals surface area (Å²) in [4.78, 5) is 35.1. The topological polar surface area (TPSA) is 95.5 Å². The Hall–Kier alpha value is -2.37. The average molecular weight is 320 g/mol. The van der Waals surface area contributed by atoms with E-state index in [2.05, 4.69) is 10.6 Å². The predicted octanol–water partition coefficient (Wildman–Crippen LogP) is 2.20. The summed E-state index contributed by atoms with van der Waals surface area (Å²) < 4.78 is 0. The van der Waals surface area contributed by atoms with E-state index in [-0.39, 0.29) is 11.9 Å². The first kappa shape index (κ1) is 18.7. The molecule has 23 heavy (non-hydrogen) atoms. The molecule has 0 radical (unpaired) electrons. The molecule has 0 saturated carbocycles. The van der Waals surface area contributed by atoms with Gasteiger partial charge in [-0.3, -0.25) is 9.59 Å². The van der Waals surface area contributed by atoms with Crippen LogP contribution in [0.5, 0.6) is 0 Å². The summed E-state index contributed by atoms with van der Waals surface area (Å²) in [6, 6.07) is 5.27. The second kappa shape index (κ2) is 8.92. The number of rotatable bonds is 8. The van der Waals surface area contributed by atoms with Crippen LogP contribution in [0.3, 0.4) is 0 Å². The molecule has 0 aliphatic rings. The molecular weight excluding hydrogens is 296 g/mol. The summed E-state index contributed by atoms with van der Waals surface area (Å²) in [5, 5.41) is 14.4. The fourth-order valence-corrected chi connectivity index (χ4v) is 2.03. The Balaban J connectivity index is 2.73. The minimum atomic E-state index is -1.04. The summed E-state index contributed by atoms with van der Waals surface area (Å²) >= 11 is 0. The molecule has 0 aliphatic heterocycles. The van der Waals surface area contributed by atoms with Gasteiger partial charge in [-0.15, -0.1) is 0 Å². The van der Waals surface area contributed by atoms with Crippen LogP contribution in [0, 0.1) is 0 Å². The minimum Gasteiger partial charge on any atom is -0.480 e. The monoisotopic (exact) mass is 320 g/mol. The van der Waals surface area contributed by atoms with Gasteiger partial charge in [0.2, 0.25) is 0 Å². The second-order valence-corrected chi connectivity index (χ2v) is 5.71. The molecule has 0 bridgehead atoms.